The highest BCUT2D eigenvalue weighted by molar-refractivity contribution is 7.13. The third-order valence-electron chi connectivity index (χ3n) is 5.44. The van der Waals surface area contributed by atoms with E-state index in [1.165, 1.54) is 22.1 Å². The van der Waals surface area contributed by atoms with E-state index >= 15 is 0 Å². The normalized spacial score (nSPS) is 11.0. The Morgan fingerprint density at radius 1 is 1.05 bits per heavy atom. The van der Waals surface area contributed by atoms with Gasteiger partial charge in [-0.2, -0.15) is 9.78 Å². The van der Waals surface area contributed by atoms with Crippen LogP contribution in [0.4, 0.5) is 5.82 Å². The van der Waals surface area contributed by atoms with Gasteiger partial charge in [0, 0.05) is 17.7 Å². The van der Waals surface area contributed by atoms with Gasteiger partial charge in [-0.1, -0.05) is 19.9 Å². The first-order valence-corrected chi connectivity index (χ1v) is 13.4. The van der Waals surface area contributed by atoms with Crippen molar-refractivity contribution in [3.8, 4) is 33.8 Å². The number of nitrogens with one attached hydrogen (secondary N) is 2. The molecule has 3 aromatic heterocycles. The van der Waals surface area contributed by atoms with Gasteiger partial charge >= 0.3 is 0 Å². The van der Waals surface area contributed by atoms with Crippen LogP contribution in [0.3, 0.4) is 0 Å². The van der Waals surface area contributed by atoms with Gasteiger partial charge in [-0.3, -0.25) is 14.6 Å². The number of hydrogen-bond donors (Lipinski definition) is 2. The molecule has 0 bridgehead atoms. The Balaban J connectivity index is 1.78. The van der Waals surface area contributed by atoms with E-state index in [1.807, 2.05) is 52.1 Å². The average molecular weight is 538 g/mol. The van der Waals surface area contributed by atoms with Crippen molar-refractivity contribution in [3.63, 3.8) is 0 Å². The predicted octanol–water partition coefficient (Wildman–Crippen LogP) is 5.26. The number of carbonyl (C=O) groups excluding carboxylic acids is 1. The van der Waals surface area contributed by atoms with Crippen molar-refractivity contribution in [2.24, 2.45) is 0 Å². The molecule has 38 heavy (non-hydrogen) atoms. The Kier molecular flexibility index (Phi) is 8.47. The molecule has 0 aliphatic heterocycles. The maximum atomic E-state index is 13.5. The SMILES string of the molecule is CCOc1cc(C(=O)Nc2cc(-c3cccs3)nn2-c2nc(C(C)C)cc(=O)[nH]2)cc(OCC)c1OCC. The first-order chi connectivity index (χ1) is 18.3. The van der Waals surface area contributed by atoms with E-state index in [-0.39, 0.29) is 17.4 Å². The molecule has 200 valence electrons. The molecule has 0 spiro atoms. The van der Waals surface area contributed by atoms with Gasteiger partial charge in [-0.05, 0) is 50.3 Å². The Morgan fingerprint density at radius 3 is 2.32 bits per heavy atom. The molecule has 10 nitrogen and oxygen atoms in total. The predicted molar refractivity (Wildman–Crippen MR) is 147 cm³/mol. The number of aromatic amines is 1. The fourth-order valence-electron chi connectivity index (χ4n) is 3.74. The van der Waals surface area contributed by atoms with E-state index in [9.17, 15) is 9.59 Å². The van der Waals surface area contributed by atoms with Gasteiger partial charge in [0.15, 0.2) is 11.5 Å². The Morgan fingerprint density at radius 2 is 1.74 bits per heavy atom. The minimum atomic E-state index is -0.420. The first-order valence-electron chi connectivity index (χ1n) is 12.5. The standard InChI is InChI=1S/C27H31N5O5S/c1-6-35-20-12-17(13-21(36-7-2)25(20)37-8-3)26(34)29-23-14-19(22-10-9-11-38-22)31-32(23)27-28-18(16(4)5)15-24(33)30-27/h9-16H,6-8H2,1-5H3,(H,29,34)(H,28,30,33). The highest BCUT2D eigenvalue weighted by Gasteiger charge is 2.21. The lowest BCUT2D eigenvalue weighted by atomic mass is 10.1. The molecule has 0 saturated carbocycles. The van der Waals surface area contributed by atoms with Crippen LogP contribution in [0.25, 0.3) is 16.5 Å². The van der Waals surface area contributed by atoms with Crippen molar-refractivity contribution in [2.75, 3.05) is 25.1 Å². The van der Waals surface area contributed by atoms with Crippen LogP contribution in [0, 0.1) is 0 Å². The van der Waals surface area contributed by atoms with Crippen molar-refractivity contribution in [3.05, 3.63) is 63.4 Å². The van der Waals surface area contributed by atoms with Crippen LogP contribution in [0.2, 0.25) is 0 Å². The number of rotatable bonds is 11. The average Bonchev–Trinajstić information content (AvgIpc) is 3.56. The van der Waals surface area contributed by atoms with Crippen LogP contribution in [-0.2, 0) is 0 Å². The Hall–Kier alpha value is -4.12. The molecule has 0 radical (unpaired) electrons. The molecule has 1 amide bonds. The lowest BCUT2D eigenvalue weighted by molar-refractivity contribution is 0.102. The molecule has 1 aromatic carbocycles. The molecule has 0 aliphatic carbocycles. The van der Waals surface area contributed by atoms with Crippen LogP contribution in [0.1, 0.15) is 56.6 Å². The molecule has 11 heteroatoms. The number of anilines is 1. The minimum absolute atomic E-state index is 0.0271. The molecule has 4 aromatic rings. The molecule has 0 aliphatic rings. The van der Waals surface area contributed by atoms with Crippen LogP contribution < -0.4 is 25.1 Å². The summed E-state index contributed by atoms with van der Waals surface area (Å²) in [5.41, 5.74) is 1.24. The van der Waals surface area contributed by atoms with Gasteiger partial charge in [0.25, 0.3) is 11.5 Å². The molecule has 0 saturated heterocycles. The van der Waals surface area contributed by atoms with E-state index in [4.69, 9.17) is 14.2 Å². The van der Waals surface area contributed by atoms with Crippen molar-refractivity contribution < 1.29 is 19.0 Å². The van der Waals surface area contributed by atoms with Gasteiger partial charge in [-0.25, -0.2) is 4.98 Å². The highest BCUT2D eigenvalue weighted by Crippen LogP contribution is 2.39. The number of aromatic nitrogens is 4. The molecule has 0 unspecified atom stereocenters. The number of thiophene rings is 1. The summed E-state index contributed by atoms with van der Waals surface area (Å²) in [6.45, 7) is 10.7. The maximum absolute atomic E-state index is 13.5. The lowest BCUT2D eigenvalue weighted by Crippen LogP contribution is -2.20. The molecule has 0 atom stereocenters. The van der Waals surface area contributed by atoms with E-state index < -0.39 is 5.91 Å². The van der Waals surface area contributed by atoms with Gasteiger partial charge in [-0.15, -0.1) is 11.3 Å². The van der Waals surface area contributed by atoms with E-state index in [2.05, 4.69) is 20.4 Å². The summed E-state index contributed by atoms with van der Waals surface area (Å²) in [5, 5.41) is 9.51. The van der Waals surface area contributed by atoms with Crippen LogP contribution in [0.5, 0.6) is 17.2 Å². The highest BCUT2D eigenvalue weighted by atomic mass is 32.1. The number of nitrogens with zero attached hydrogens (tertiary/aromatic N) is 3. The van der Waals surface area contributed by atoms with Crippen molar-refractivity contribution >= 4 is 23.1 Å². The van der Waals surface area contributed by atoms with Crippen molar-refractivity contribution in [2.45, 2.75) is 40.5 Å². The zero-order valence-corrected chi connectivity index (χ0v) is 22.8. The fourth-order valence-corrected chi connectivity index (χ4v) is 4.43. The van der Waals surface area contributed by atoms with Crippen molar-refractivity contribution in [1.82, 2.24) is 19.7 Å². The second kappa shape index (κ2) is 12.0. The first kappa shape index (κ1) is 26.9. The maximum Gasteiger partial charge on any atom is 0.257 e. The van der Waals surface area contributed by atoms with Crippen LogP contribution in [0.15, 0.2) is 46.6 Å². The monoisotopic (exact) mass is 537 g/mol. The van der Waals surface area contributed by atoms with Crippen LogP contribution >= 0.6 is 11.3 Å². The smallest absolute Gasteiger partial charge is 0.257 e. The molecular weight excluding hydrogens is 506 g/mol. The lowest BCUT2D eigenvalue weighted by Gasteiger charge is -2.17. The summed E-state index contributed by atoms with van der Waals surface area (Å²) in [4.78, 5) is 34.1. The fraction of sp³-hybridized carbons (Fsp3) is 0.333. The van der Waals surface area contributed by atoms with E-state index in [0.29, 0.717) is 59.8 Å². The molecule has 2 N–H and O–H groups in total. The van der Waals surface area contributed by atoms with E-state index in [1.54, 1.807) is 18.2 Å². The zero-order chi connectivity index (χ0) is 27.2. The third kappa shape index (κ3) is 5.88. The number of ether oxygens (including phenoxy) is 3. The summed E-state index contributed by atoms with van der Waals surface area (Å²) in [7, 11) is 0. The van der Waals surface area contributed by atoms with Gasteiger partial charge in [0.2, 0.25) is 11.7 Å². The Bertz CT molecular complexity index is 1430. The van der Waals surface area contributed by atoms with Gasteiger partial charge in [0.05, 0.1) is 30.4 Å². The summed E-state index contributed by atoms with van der Waals surface area (Å²) in [6.07, 6.45) is 0. The molecule has 4 rings (SSSR count). The summed E-state index contributed by atoms with van der Waals surface area (Å²) < 4.78 is 18.7. The van der Waals surface area contributed by atoms with Crippen molar-refractivity contribution in [1.29, 1.82) is 0 Å². The molecular formula is C27H31N5O5S. The minimum Gasteiger partial charge on any atom is -0.490 e. The summed E-state index contributed by atoms with van der Waals surface area (Å²) in [6, 6.07) is 10.3. The largest absolute Gasteiger partial charge is 0.490 e. The molecule has 0 fully saturated rings. The summed E-state index contributed by atoms with van der Waals surface area (Å²) in [5.74, 6) is 1.42. The second-order valence-corrected chi connectivity index (χ2v) is 9.45. The van der Waals surface area contributed by atoms with Crippen LogP contribution in [-0.4, -0.2) is 45.5 Å². The van der Waals surface area contributed by atoms with E-state index in [0.717, 1.165) is 4.88 Å². The topological polar surface area (TPSA) is 120 Å². The third-order valence-corrected chi connectivity index (χ3v) is 6.33. The Labute approximate surface area is 224 Å². The number of hydrogen-bond acceptors (Lipinski definition) is 8. The number of benzene rings is 1. The summed E-state index contributed by atoms with van der Waals surface area (Å²) >= 11 is 1.51. The second-order valence-electron chi connectivity index (χ2n) is 8.51. The van der Waals surface area contributed by atoms with Gasteiger partial charge in [0.1, 0.15) is 11.5 Å². The quantitative estimate of drug-likeness (QED) is 0.268. The number of carbonyl (C=O) groups is 1. The number of H-pyrrole nitrogens is 1. The molecule has 3 heterocycles. The van der Waals surface area contributed by atoms with Gasteiger partial charge < -0.3 is 19.5 Å². The number of amides is 1. The zero-order valence-electron chi connectivity index (χ0n) is 22.0.